The molecule has 0 aliphatic heterocycles. The van der Waals surface area contributed by atoms with E-state index in [0.29, 0.717) is 0 Å². The molecule has 1 heteroatoms. The van der Waals surface area contributed by atoms with E-state index in [1.54, 1.807) is 7.11 Å². The number of rotatable bonds is 2. The Bertz CT molecular complexity index is 567. The first-order valence-corrected chi connectivity index (χ1v) is 5.81. The van der Waals surface area contributed by atoms with Gasteiger partial charge in [0.2, 0.25) is 0 Å². The van der Waals surface area contributed by atoms with Gasteiger partial charge in [0, 0.05) is 0 Å². The minimum Gasteiger partial charge on any atom is -0.497 e. The van der Waals surface area contributed by atoms with E-state index in [9.17, 15) is 0 Å². The van der Waals surface area contributed by atoms with Crippen molar-refractivity contribution in [2.24, 2.45) is 0 Å². The summed E-state index contributed by atoms with van der Waals surface area (Å²) in [5.41, 5.74) is 5.31. The van der Waals surface area contributed by atoms with Crippen LogP contribution in [0.15, 0.2) is 54.6 Å². The summed E-state index contributed by atoms with van der Waals surface area (Å²) in [6.07, 6.45) is 3.29. The van der Waals surface area contributed by atoms with E-state index < -0.39 is 0 Å². The Labute approximate surface area is 101 Å². The molecule has 0 spiro atoms. The van der Waals surface area contributed by atoms with Crippen LogP contribution in [-0.4, -0.2) is 7.11 Å². The zero-order valence-electron chi connectivity index (χ0n) is 9.81. The van der Waals surface area contributed by atoms with Crippen LogP contribution in [-0.2, 0) is 6.42 Å². The predicted octanol–water partition coefficient (Wildman–Crippen LogP) is 3.68. The molecule has 1 aliphatic carbocycles. The third-order valence-electron chi connectivity index (χ3n) is 3.21. The van der Waals surface area contributed by atoms with Crippen LogP contribution < -0.4 is 4.74 Å². The fourth-order valence-electron chi connectivity index (χ4n) is 2.34. The number of hydrogen-bond donors (Lipinski definition) is 0. The number of benzene rings is 2. The maximum atomic E-state index is 5.26. The molecule has 84 valence electrons. The van der Waals surface area contributed by atoms with Gasteiger partial charge < -0.3 is 4.74 Å². The van der Waals surface area contributed by atoms with Crippen LogP contribution in [0.5, 0.6) is 5.75 Å². The number of hydrogen-bond acceptors (Lipinski definition) is 1. The minimum absolute atomic E-state index is 0.937. The Kier molecular flexibility index (Phi) is 2.45. The molecule has 2 aromatic rings. The second-order valence-electron chi connectivity index (χ2n) is 4.21. The van der Waals surface area contributed by atoms with Gasteiger partial charge in [0.15, 0.2) is 0 Å². The monoisotopic (exact) mass is 222 g/mol. The molecule has 3 rings (SSSR count). The lowest BCUT2D eigenvalue weighted by Gasteiger charge is -2.07. The van der Waals surface area contributed by atoms with Crippen molar-refractivity contribution in [3.05, 3.63) is 71.3 Å². The molecule has 0 amide bonds. The van der Waals surface area contributed by atoms with E-state index in [4.69, 9.17) is 4.74 Å². The van der Waals surface area contributed by atoms with Crippen LogP contribution in [0.1, 0.15) is 16.7 Å². The highest BCUT2D eigenvalue weighted by Crippen LogP contribution is 2.34. The highest BCUT2D eigenvalue weighted by molar-refractivity contribution is 5.84. The second kappa shape index (κ2) is 4.10. The zero-order valence-corrected chi connectivity index (χ0v) is 9.81. The molecule has 2 aromatic carbocycles. The van der Waals surface area contributed by atoms with Crippen molar-refractivity contribution in [1.29, 1.82) is 0 Å². The summed E-state index contributed by atoms with van der Waals surface area (Å²) in [4.78, 5) is 0. The first kappa shape index (κ1) is 10.2. The molecule has 0 atom stereocenters. The lowest BCUT2D eigenvalue weighted by atomic mass is 9.99. The van der Waals surface area contributed by atoms with E-state index in [1.165, 1.54) is 22.3 Å². The van der Waals surface area contributed by atoms with Gasteiger partial charge in [-0.1, -0.05) is 42.5 Å². The highest BCUT2D eigenvalue weighted by atomic mass is 16.5. The average Bonchev–Trinajstić information content (AvgIpc) is 2.82. The lowest BCUT2D eigenvalue weighted by Crippen LogP contribution is -1.89. The molecule has 0 unspecified atom stereocenters. The van der Waals surface area contributed by atoms with Crippen molar-refractivity contribution in [1.82, 2.24) is 0 Å². The molecule has 0 N–H and O–H groups in total. The van der Waals surface area contributed by atoms with Crippen molar-refractivity contribution in [2.45, 2.75) is 6.42 Å². The smallest absolute Gasteiger partial charge is 0.119 e. The summed E-state index contributed by atoms with van der Waals surface area (Å²) < 4.78 is 5.26. The predicted molar refractivity (Wildman–Crippen MR) is 70.2 cm³/mol. The van der Waals surface area contributed by atoms with Crippen molar-refractivity contribution in [3.8, 4) is 5.75 Å². The van der Waals surface area contributed by atoms with Gasteiger partial charge in [-0.25, -0.2) is 0 Å². The summed E-state index contributed by atoms with van der Waals surface area (Å²) in [7, 11) is 1.71. The van der Waals surface area contributed by atoms with Gasteiger partial charge in [-0.05, 0) is 40.8 Å². The van der Waals surface area contributed by atoms with E-state index in [-0.39, 0.29) is 0 Å². The van der Waals surface area contributed by atoms with E-state index in [0.717, 1.165) is 12.2 Å². The van der Waals surface area contributed by atoms with Gasteiger partial charge in [0.1, 0.15) is 5.75 Å². The lowest BCUT2D eigenvalue weighted by molar-refractivity contribution is 0.414. The van der Waals surface area contributed by atoms with Gasteiger partial charge in [0.05, 0.1) is 7.11 Å². The maximum Gasteiger partial charge on any atom is 0.119 e. The van der Waals surface area contributed by atoms with Crippen molar-refractivity contribution >= 4 is 5.57 Å². The SMILES string of the molecule is COc1ccc2c(c1)CC=C2c1ccccc1. The van der Waals surface area contributed by atoms with Gasteiger partial charge in [0.25, 0.3) is 0 Å². The van der Waals surface area contributed by atoms with Gasteiger partial charge in [-0.3, -0.25) is 0 Å². The van der Waals surface area contributed by atoms with Gasteiger partial charge in [-0.15, -0.1) is 0 Å². The summed E-state index contributed by atoms with van der Waals surface area (Å²) >= 11 is 0. The number of ether oxygens (including phenoxy) is 1. The second-order valence-corrected chi connectivity index (χ2v) is 4.21. The quantitative estimate of drug-likeness (QED) is 0.753. The van der Waals surface area contributed by atoms with Gasteiger partial charge >= 0.3 is 0 Å². The van der Waals surface area contributed by atoms with Crippen LogP contribution in [0, 0.1) is 0 Å². The Balaban J connectivity index is 2.04. The fraction of sp³-hybridized carbons (Fsp3) is 0.125. The van der Waals surface area contributed by atoms with Crippen LogP contribution >= 0.6 is 0 Å². The molecule has 0 saturated heterocycles. The Morgan fingerprint density at radius 3 is 2.59 bits per heavy atom. The molecule has 0 bridgehead atoms. The normalized spacial score (nSPS) is 13.1. The largest absolute Gasteiger partial charge is 0.497 e. The molecule has 1 aliphatic rings. The first-order valence-electron chi connectivity index (χ1n) is 5.81. The van der Waals surface area contributed by atoms with Crippen LogP contribution in [0.4, 0.5) is 0 Å². The molecule has 0 heterocycles. The average molecular weight is 222 g/mol. The summed E-state index contributed by atoms with van der Waals surface area (Å²) in [5.74, 6) is 0.937. The van der Waals surface area contributed by atoms with Gasteiger partial charge in [-0.2, -0.15) is 0 Å². The fourth-order valence-corrected chi connectivity index (χ4v) is 2.34. The summed E-state index contributed by atoms with van der Waals surface area (Å²) in [6.45, 7) is 0. The first-order chi connectivity index (χ1) is 8.38. The van der Waals surface area contributed by atoms with E-state index in [2.05, 4.69) is 42.5 Å². The Morgan fingerprint density at radius 1 is 1.00 bits per heavy atom. The molecular weight excluding hydrogens is 208 g/mol. The topological polar surface area (TPSA) is 9.23 Å². The summed E-state index contributed by atoms with van der Waals surface area (Å²) in [5, 5.41) is 0. The number of fused-ring (bicyclic) bond motifs is 1. The number of allylic oxidation sites excluding steroid dienone is 1. The Hall–Kier alpha value is -2.02. The molecule has 0 radical (unpaired) electrons. The van der Waals surface area contributed by atoms with Crippen molar-refractivity contribution in [3.63, 3.8) is 0 Å². The molecular formula is C16H14O. The molecule has 0 aromatic heterocycles. The third kappa shape index (κ3) is 1.74. The van der Waals surface area contributed by atoms with Crippen LogP contribution in [0.3, 0.4) is 0 Å². The standard InChI is InChI=1S/C16H14O/c1-17-14-8-10-16-13(11-14)7-9-15(16)12-5-3-2-4-6-12/h2-6,8-11H,7H2,1H3. The highest BCUT2D eigenvalue weighted by Gasteiger charge is 2.15. The zero-order chi connectivity index (χ0) is 11.7. The minimum atomic E-state index is 0.937. The van der Waals surface area contributed by atoms with Crippen LogP contribution in [0.2, 0.25) is 0 Å². The van der Waals surface area contributed by atoms with Crippen molar-refractivity contribution < 1.29 is 4.74 Å². The summed E-state index contributed by atoms with van der Waals surface area (Å²) in [6, 6.07) is 16.8. The maximum absolute atomic E-state index is 5.26. The molecule has 1 nitrogen and oxygen atoms in total. The number of methoxy groups -OCH3 is 1. The van der Waals surface area contributed by atoms with E-state index in [1.807, 2.05) is 12.1 Å². The molecule has 17 heavy (non-hydrogen) atoms. The molecule has 0 fully saturated rings. The molecule has 0 saturated carbocycles. The van der Waals surface area contributed by atoms with Crippen LogP contribution in [0.25, 0.3) is 5.57 Å². The van der Waals surface area contributed by atoms with Crippen molar-refractivity contribution in [2.75, 3.05) is 7.11 Å². The third-order valence-corrected chi connectivity index (χ3v) is 3.21. The van der Waals surface area contributed by atoms with E-state index >= 15 is 0 Å². The Morgan fingerprint density at radius 2 is 1.82 bits per heavy atom.